The Bertz CT molecular complexity index is 1060. The fourth-order valence-corrected chi connectivity index (χ4v) is 2.69. The minimum Gasteiger partial charge on any atom is -0.339 e. The van der Waals surface area contributed by atoms with Crippen LogP contribution in [0.5, 0.6) is 0 Å². The fraction of sp³-hybridized carbons (Fsp3) is 0.105. The van der Waals surface area contributed by atoms with Gasteiger partial charge in [0.25, 0.3) is 5.82 Å². The number of aryl methyl sites for hydroxylation is 2. The van der Waals surface area contributed by atoms with E-state index in [-0.39, 0.29) is 5.69 Å². The summed E-state index contributed by atoms with van der Waals surface area (Å²) in [5, 5.41) is 11.9. The monoisotopic (exact) mass is 342 g/mol. The number of hydrogen-bond acceptors (Lipinski definition) is 5. The molecule has 0 aliphatic carbocycles. The van der Waals surface area contributed by atoms with Gasteiger partial charge in [-0.05, 0) is 12.0 Å². The van der Waals surface area contributed by atoms with E-state index in [1.165, 1.54) is 18.0 Å². The molecule has 0 aliphatic rings. The number of aromatic amines is 2. The molecule has 26 heavy (non-hydrogen) atoms. The van der Waals surface area contributed by atoms with E-state index in [9.17, 15) is 0 Å². The van der Waals surface area contributed by atoms with Gasteiger partial charge in [-0.2, -0.15) is 5.26 Å². The number of fused-ring (bicyclic) bond motifs is 1. The van der Waals surface area contributed by atoms with Gasteiger partial charge < -0.3 is 4.98 Å². The molecule has 0 fully saturated rings. The molecule has 4 aromatic rings. The highest BCUT2D eigenvalue weighted by Gasteiger charge is 2.10. The van der Waals surface area contributed by atoms with Crippen LogP contribution in [0.4, 0.5) is 11.6 Å². The molecular formula is C19H16N7+. The highest BCUT2D eigenvalue weighted by Crippen LogP contribution is 2.15. The van der Waals surface area contributed by atoms with Crippen molar-refractivity contribution in [1.82, 2.24) is 19.9 Å². The maximum absolute atomic E-state index is 8.76. The molecule has 0 aliphatic heterocycles. The van der Waals surface area contributed by atoms with E-state index in [0.717, 1.165) is 35.5 Å². The minimum atomic E-state index is 0.283. The lowest BCUT2D eigenvalue weighted by molar-refractivity contribution is -0.358. The fourth-order valence-electron chi connectivity index (χ4n) is 2.69. The highest BCUT2D eigenvalue weighted by molar-refractivity contribution is 5.76. The number of nitrogens with zero attached hydrogens (tertiary/aromatic N) is 4. The van der Waals surface area contributed by atoms with E-state index < -0.39 is 0 Å². The summed E-state index contributed by atoms with van der Waals surface area (Å²) in [6, 6.07) is 14.2. The van der Waals surface area contributed by atoms with Crippen molar-refractivity contribution in [3.05, 3.63) is 72.1 Å². The summed E-state index contributed by atoms with van der Waals surface area (Å²) >= 11 is 0. The summed E-state index contributed by atoms with van der Waals surface area (Å²) in [6.07, 6.45) is 6.61. The van der Waals surface area contributed by atoms with Crippen LogP contribution >= 0.6 is 0 Å². The van der Waals surface area contributed by atoms with Gasteiger partial charge in [0, 0.05) is 6.42 Å². The lowest BCUT2D eigenvalue weighted by Crippen LogP contribution is -2.10. The first-order valence-corrected chi connectivity index (χ1v) is 8.23. The smallest absolute Gasteiger partial charge is 0.280 e. The first kappa shape index (κ1) is 15.7. The van der Waals surface area contributed by atoms with Gasteiger partial charge in [0.15, 0.2) is 5.69 Å². The Morgan fingerprint density at radius 1 is 1.12 bits per heavy atom. The van der Waals surface area contributed by atoms with Gasteiger partial charge in [-0.3, -0.25) is 0 Å². The van der Waals surface area contributed by atoms with Crippen LogP contribution in [-0.4, -0.2) is 19.9 Å². The third-order valence-corrected chi connectivity index (χ3v) is 3.99. The van der Waals surface area contributed by atoms with Gasteiger partial charge >= 0.3 is 0 Å². The van der Waals surface area contributed by atoms with E-state index >= 15 is 0 Å². The summed E-state index contributed by atoms with van der Waals surface area (Å²) in [5.74, 6) is 2.25. The van der Waals surface area contributed by atoms with Gasteiger partial charge in [-0.1, -0.05) is 30.3 Å². The van der Waals surface area contributed by atoms with E-state index in [1.807, 2.05) is 36.5 Å². The van der Waals surface area contributed by atoms with Crippen molar-refractivity contribution in [2.45, 2.75) is 12.8 Å². The number of hydrogen-bond donors (Lipinski definition) is 2. The van der Waals surface area contributed by atoms with E-state index in [4.69, 9.17) is 5.26 Å². The minimum absolute atomic E-state index is 0.283. The molecule has 7 nitrogen and oxygen atoms in total. The second-order valence-electron chi connectivity index (χ2n) is 5.84. The number of anilines is 2. The SMILES string of the molecule is N#Cc1cnc(Nc2cc3nc(CCc4ccccc4)[nH]c3c[nH+]2)cn1. The Labute approximate surface area is 149 Å². The Morgan fingerprint density at radius 3 is 2.77 bits per heavy atom. The number of rotatable bonds is 5. The molecule has 0 saturated carbocycles. The number of imidazole rings is 1. The maximum atomic E-state index is 8.76. The molecule has 0 unspecified atom stereocenters. The molecule has 0 atom stereocenters. The largest absolute Gasteiger partial charge is 0.339 e. The third kappa shape index (κ3) is 3.49. The average Bonchev–Trinajstić information content (AvgIpc) is 3.10. The average molecular weight is 342 g/mol. The van der Waals surface area contributed by atoms with Crippen LogP contribution < -0.4 is 10.3 Å². The summed E-state index contributed by atoms with van der Waals surface area (Å²) in [4.78, 5) is 19.3. The number of nitriles is 1. The van der Waals surface area contributed by atoms with Gasteiger partial charge in [0.2, 0.25) is 5.82 Å². The van der Waals surface area contributed by atoms with Crippen LogP contribution in [0.3, 0.4) is 0 Å². The van der Waals surface area contributed by atoms with E-state index in [2.05, 4.69) is 42.4 Å². The number of H-pyrrole nitrogens is 2. The molecule has 1 aromatic carbocycles. The zero-order valence-electron chi connectivity index (χ0n) is 13.9. The lowest BCUT2D eigenvalue weighted by atomic mass is 10.1. The summed E-state index contributed by atoms with van der Waals surface area (Å²) in [5.41, 5.74) is 3.40. The third-order valence-electron chi connectivity index (χ3n) is 3.99. The number of pyridine rings is 1. The molecule has 0 bridgehead atoms. The molecule has 0 saturated heterocycles. The summed E-state index contributed by atoms with van der Waals surface area (Å²) < 4.78 is 0. The molecule has 4 rings (SSSR count). The Hall–Kier alpha value is -3.79. The van der Waals surface area contributed by atoms with Crippen LogP contribution in [0.2, 0.25) is 0 Å². The molecule has 0 amide bonds. The van der Waals surface area contributed by atoms with Crippen LogP contribution in [0.1, 0.15) is 17.1 Å². The molecular weight excluding hydrogens is 326 g/mol. The number of aromatic nitrogens is 5. The Balaban J connectivity index is 1.49. The van der Waals surface area contributed by atoms with Crippen molar-refractivity contribution in [2.75, 3.05) is 5.32 Å². The predicted octanol–water partition coefficient (Wildman–Crippen LogP) is 2.57. The zero-order valence-corrected chi connectivity index (χ0v) is 13.9. The predicted molar refractivity (Wildman–Crippen MR) is 96.5 cm³/mol. The number of benzene rings is 1. The van der Waals surface area contributed by atoms with Crippen LogP contribution in [0.15, 0.2) is 55.0 Å². The highest BCUT2D eigenvalue weighted by atomic mass is 15.1. The normalized spacial score (nSPS) is 10.6. The van der Waals surface area contributed by atoms with Crippen molar-refractivity contribution >= 4 is 22.7 Å². The van der Waals surface area contributed by atoms with Crippen molar-refractivity contribution < 1.29 is 4.98 Å². The van der Waals surface area contributed by atoms with Gasteiger partial charge in [0.05, 0.1) is 18.5 Å². The van der Waals surface area contributed by atoms with Crippen molar-refractivity contribution in [3.8, 4) is 6.07 Å². The molecule has 3 heterocycles. The van der Waals surface area contributed by atoms with Crippen molar-refractivity contribution in [3.63, 3.8) is 0 Å². The molecule has 0 spiro atoms. The first-order chi connectivity index (χ1) is 12.8. The van der Waals surface area contributed by atoms with Crippen LogP contribution in [0, 0.1) is 11.3 Å². The Morgan fingerprint density at radius 2 is 2.00 bits per heavy atom. The second-order valence-corrected chi connectivity index (χ2v) is 5.84. The molecule has 7 heteroatoms. The van der Waals surface area contributed by atoms with Gasteiger partial charge in [0.1, 0.15) is 29.1 Å². The lowest BCUT2D eigenvalue weighted by Gasteiger charge is -1.97. The summed E-state index contributed by atoms with van der Waals surface area (Å²) in [6.45, 7) is 0. The zero-order chi connectivity index (χ0) is 17.8. The second kappa shape index (κ2) is 6.99. The molecule has 3 N–H and O–H groups in total. The van der Waals surface area contributed by atoms with Gasteiger partial charge in [-0.15, -0.1) is 0 Å². The Kier molecular flexibility index (Phi) is 4.23. The van der Waals surface area contributed by atoms with Crippen LogP contribution in [0.25, 0.3) is 11.0 Å². The molecule has 3 aromatic heterocycles. The van der Waals surface area contributed by atoms with E-state index in [0.29, 0.717) is 5.82 Å². The topological polar surface area (TPSA) is 104 Å². The van der Waals surface area contributed by atoms with Crippen molar-refractivity contribution in [2.24, 2.45) is 0 Å². The number of nitrogens with one attached hydrogen (secondary N) is 3. The first-order valence-electron chi connectivity index (χ1n) is 8.23. The van der Waals surface area contributed by atoms with E-state index in [1.54, 1.807) is 0 Å². The molecule has 126 valence electrons. The summed E-state index contributed by atoms with van der Waals surface area (Å²) in [7, 11) is 0. The maximum Gasteiger partial charge on any atom is 0.280 e. The quantitative estimate of drug-likeness (QED) is 0.580. The van der Waals surface area contributed by atoms with Crippen molar-refractivity contribution in [1.29, 1.82) is 5.26 Å². The van der Waals surface area contributed by atoms with Crippen LogP contribution in [-0.2, 0) is 12.8 Å². The molecule has 0 radical (unpaired) electrons. The standard InChI is InChI=1S/C19H15N7/c20-9-14-10-22-19(12-21-14)26-18-8-15-16(11-23-18)25-17(24-15)7-6-13-4-2-1-3-5-13/h1-5,8,10-12H,6-7H2,(H,24,25)(H,22,23,26)/p+1. The van der Waals surface area contributed by atoms with Gasteiger partial charge in [-0.25, -0.2) is 25.3 Å².